The molecule has 21 heavy (non-hydrogen) atoms. The molecule has 0 saturated carbocycles. The first kappa shape index (κ1) is 15.0. The van der Waals surface area contributed by atoms with Gasteiger partial charge in [-0.1, -0.05) is 0 Å². The second-order valence-corrected chi connectivity index (χ2v) is 6.16. The third kappa shape index (κ3) is 3.82. The molecule has 8 heteroatoms. The molecule has 1 amide bonds. The highest BCUT2D eigenvalue weighted by molar-refractivity contribution is 7.92. The van der Waals surface area contributed by atoms with Gasteiger partial charge in [-0.3, -0.25) is 9.52 Å². The van der Waals surface area contributed by atoms with Gasteiger partial charge < -0.3 is 9.73 Å². The molecule has 2 aromatic rings. The lowest BCUT2D eigenvalue weighted by molar-refractivity contribution is 0.102. The van der Waals surface area contributed by atoms with Gasteiger partial charge in [0.25, 0.3) is 5.91 Å². The summed E-state index contributed by atoms with van der Waals surface area (Å²) in [6.45, 7) is 1.64. The standard InChI is InChI=1S/C13H13FN2O4S/c1-8-10(5-6-20-8)13(17)15-9-3-4-11(14)12(7-9)16-21(2,18)19/h3-7,16H,1-2H3,(H,15,17). The minimum absolute atomic E-state index is 0.237. The van der Waals surface area contributed by atoms with Gasteiger partial charge in [0.1, 0.15) is 11.6 Å². The normalized spacial score (nSPS) is 11.2. The molecule has 0 fully saturated rings. The van der Waals surface area contributed by atoms with Crippen LogP contribution in [0.5, 0.6) is 0 Å². The first-order valence-electron chi connectivity index (χ1n) is 5.89. The summed E-state index contributed by atoms with van der Waals surface area (Å²) in [4.78, 5) is 12.0. The zero-order valence-corrected chi connectivity index (χ0v) is 12.1. The van der Waals surface area contributed by atoms with Crippen LogP contribution in [0.25, 0.3) is 0 Å². The predicted molar refractivity (Wildman–Crippen MR) is 76.3 cm³/mol. The molecule has 6 nitrogen and oxygen atoms in total. The van der Waals surface area contributed by atoms with Crippen LogP contribution in [0.4, 0.5) is 15.8 Å². The maximum absolute atomic E-state index is 13.5. The Morgan fingerprint density at radius 1 is 1.29 bits per heavy atom. The van der Waals surface area contributed by atoms with E-state index >= 15 is 0 Å². The Balaban J connectivity index is 2.24. The second-order valence-electron chi connectivity index (χ2n) is 4.41. The van der Waals surface area contributed by atoms with E-state index in [1.165, 1.54) is 24.5 Å². The van der Waals surface area contributed by atoms with Crippen LogP contribution in [0.3, 0.4) is 0 Å². The predicted octanol–water partition coefficient (Wildman–Crippen LogP) is 2.35. The Labute approximate surface area is 121 Å². The van der Waals surface area contributed by atoms with Crippen molar-refractivity contribution in [3.8, 4) is 0 Å². The van der Waals surface area contributed by atoms with E-state index in [4.69, 9.17) is 4.42 Å². The van der Waals surface area contributed by atoms with E-state index in [2.05, 4.69) is 5.32 Å². The van der Waals surface area contributed by atoms with Crippen LogP contribution >= 0.6 is 0 Å². The molecular formula is C13H13FN2O4S. The van der Waals surface area contributed by atoms with Crippen molar-refractivity contribution in [3.05, 3.63) is 47.7 Å². The fourth-order valence-electron chi connectivity index (χ4n) is 1.70. The number of furan rings is 1. The van der Waals surface area contributed by atoms with Crippen molar-refractivity contribution in [2.24, 2.45) is 0 Å². The van der Waals surface area contributed by atoms with Crippen molar-refractivity contribution in [1.29, 1.82) is 0 Å². The quantitative estimate of drug-likeness (QED) is 0.907. The van der Waals surface area contributed by atoms with Crippen LogP contribution in [0.1, 0.15) is 16.1 Å². The molecule has 1 aromatic heterocycles. The molecule has 0 radical (unpaired) electrons. The van der Waals surface area contributed by atoms with Crippen molar-refractivity contribution in [2.45, 2.75) is 6.92 Å². The van der Waals surface area contributed by atoms with E-state index in [1.807, 2.05) is 4.72 Å². The number of anilines is 2. The van der Waals surface area contributed by atoms with E-state index in [-0.39, 0.29) is 11.4 Å². The van der Waals surface area contributed by atoms with Gasteiger partial charge in [-0.2, -0.15) is 0 Å². The number of halogens is 1. The molecule has 0 aliphatic rings. The summed E-state index contributed by atoms with van der Waals surface area (Å²) in [6, 6.07) is 5.09. The zero-order chi connectivity index (χ0) is 15.6. The molecule has 0 bridgehead atoms. The number of amides is 1. The van der Waals surface area contributed by atoms with Crippen molar-refractivity contribution in [3.63, 3.8) is 0 Å². The molecule has 112 valence electrons. The van der Waals surface area contributed by atoms with E-state index in [1.54, 1.807) is 6.92 Å². The maximum Gasteiger partial charge on any atom is 0.259 e. The molecule has 0 unspecified atom stereocenters. The number of hydrogen-bond donors (Lipinski definition) is 2. The summed E-state index contributed by atoms with van der Waals surface area (Å²) in [5.74, 6) is -0.722. The van der Waals surface area contributed by atoms with Crippen molar-refractivity contribution >= 4 is 27.3 Å². The lowest BCUT2D eigenvalue weighted by Crippen LogP contribution is -2.14. The fourth-order valence-corrected chi connectivity index (χ4v) is 2.26. The summed E-state index contributed by atoms with van der Waals surface area (Å²) >= 11 is 0. The monoisotopic (exact) mass is 312 g/mol. The van der Waals surface area contributed by atoms with Crippen LogP contribution in [-0.4, -0.2) is 20.6 Å². The third-order valence-corrected chi connectivity index (χ3v) is 3.21. The van der Waals surface area contributed by atoms with Gasteiger partial charge >= 0.3 is 0 Å². The Hall–Kier alpha value is -2.35. The van der Waals surface area contributed by atoms with E-state index in [0.717, 1.165) is 12.3 Å². The van der Waals surface area contributed by atoms with Crippen LogP contribution in [0, 0.1) is 12.7 Å². The van der Waals surface area contributed by atoms with Crippen LogP contribution in [-0.2, 0) is 10.0 Å². The van der Waals surface area contributed by atoms with Crippen LogP contribution in [0.15, 0.2) is 34.9 Å². The van der Waals surface area contributed by atoms with Crippen LogP contribution in [0.2, 0.25) is 0 Å². The van der Waals surface area contributed by atoms with Gasteiger partial charge in [-0.05, 0) is 31.2 Å². The minimum Gasteiger partial charge on any atom is -0.469 e. The summed E-state index contributed by atoms with van der Waals surface area (Å²) in [7, 11) is -3.61. The first-order valence-corrected chi connectivity index (χ1v) is 7.78. The molecule has 0 spiro atoms. The Morgan fingerprint density at radius 3 is 2.57 bits per heavy atom. The molecule has 2 N–H and O–H groups in total. The average Bonchev–Trinajstić information content (AvgIpc) is 2.78. The van der Waals surface area contributed by atoms with Gasteiger partial charge in [0, 0.05) is 5.69 Å². The highest BCUT2D eigenvalue weighted by Crippen LogP contribution is 2.21. The Morgan fingerprint density at radius 2 is 2.00 bits per heavy atom. The zero-order valence-electron chi connectivity index (χ0n) is 11.3. The number of nitrogens with one attached hydrogen (secondary N) is 2. The highest BCUT2D eigenvalue weighted by atomic mass is 32.2. The average molecular weight is 312 g/mol. The van der Waals surface area contributed by atoms with Crippen molar-refractivity contribution in [1.82, 2.24) is 0 Å². The Bertz CT molecular complexity index is 783. The SMILES string of the molecule is Cc1occc1C(=O)Nc1ccc(F)c(NS(C)(=O)=O)c1. The number of hydrogen-bond acceptors (Lipinski definition) is 4. The minimum atomic E-state index is -3.61. The smallest absolute Gasteiger partial charge is 0.259 e. The summed E-state index contributed by atoms with van der Waals surface area (Å²) in [5.41, 5.74) is 0.365. The number of benzene rings is 1. The summed E-state index contributed by atoms with van der Waals surface area (Å²) in [6.07, 6.45) is 2.29. The lowest BCUT2D eigenvalue weighted by atomic mass is 10.2. The Kier molecular flexibility index (Phi) is 3.99. The third-order valence-electron chi connectivity index (χ3n) is 2.62. The van der Waals surface area contributed by atoms with Gasteiger partial charge in [0.05, 0.1) is 23.8 Å². The molecular weight excluding hydrogens is 299 g/mol. The number of sulfonamides is 1. The van der Waals surface area contributed by atoms with E-state index in [9.17, 15) is 17.6 Å². The van der Waals surface area contributed by atoms with Gasteiger partial charge in [-0.15, -0.1) is 0 Å². The topological polar surface area (TPSA) is 88.4 Å². The molecule has 1 aromatic carbocycles. The molecule has 2 rings (SSSR count). The molecule has 0 aliphatic heterocycles. The van der Waals surface area contributed by atoms with Gasteiger partial charge in [0.15, 0.2) is 0 Å². The van der Waals surface area contributed by atoms with E-state index in [0.29, 0.717) is 11.3 Å². The van der Waals surface area contributed by atoms with Gasteiger partial charge in [-0.25, -0.2) is 12.8 Å². The number of rotatable bonds is 4. The molecule has 0 saturated heterocycles. The maximum atomic E-state index is 13.5. The lowest BCUT2D eigenvalue weighted by Gasteiger charge is -2.09. The number of carbonyl (C=O) groups is 1. The van der Waals surface area contributed by atoms with E-state index < -0.39 is 21.7 Å². The fraction of sp³-hybridized carbons (Fsp3) is 0.154. The number of aryl methyl sites for hydroxylation is 1. The summed E-state index contributed by atoms with van der Waals surface area (Å²) < 4.78 is 42.9. The van der Waals surface area contributed by atoms with Crippen LogP contribution < -0.4 is 10.0 Å². The highest BCUT2D eigenvalue weighted by Gasteiger charge is 2.13. The van der Waals surface area contributed by atoms with Crippen molar-refractivity contribution in [2.75, 3.05) is 16.3 Å². The molecule has 0 aliphatic carbocycles. The molecule has 1 heterocycles. The largest absolute Gasteiger partial charge is 0.469 e. The van der Waals surface area contributed by atoms with Gasteiger partial charge in [0.2, 0.25) is 10.0 Å². The second kappa shape index (κ2) is 5.57. The molecule has 0 atom stereocenters. The first-order chi connectivity index (χ1) is 9.76. The number of carbonyl (C=O) groups excluding carboxylic acids is 1. The summed E-state index contributed by atoms with van der Waals surface area (Å²) in [5, 5.41) is 2.54. The van der Waals surface area contributed by atoms with Crippen molar-refractivity contribution < 1.29 is 22.0 Å².